The lowest BCUT2D eigenvalue weighted by Crippen LogP contribution is -1.99. The van der Waals surface area contributed by atoms with E-state index in [0.29, 0.717) is 11.1 Å². The van der Waals surface area contributed by atoms with Crippen LogP contribution < -0.4 is 0 Å². The lowest BCUT2D eigenvalue weighted by atomic mass is 10.1. The molecule has 1 aromatic rings. The van der Waals surface area contributed by atoms with Crippen molar-refractivity contribution in [3.8, 4) is 18.1 Å². The zero-order valence-electron chi connectivity index (χ0n) is 7.19. The number of phenols is 1. The average Bonchev–Trinajstić information content (AvgIpc) is 2.16. The Labute approximate surface area is 76.6 Å². The van der Waals surface area contributed by atoms with Crippen LogP contribution in [0.3, 0.4) is 0 Å². The summed E-state index contributed by atoms with van der Waals surface area (Å²) in [7, 11) is 1.35. The molecular formula is C10H10O3. The fraction of sp³-hybridized carbons (Fsp3) is 0.200. The molecule has 3 nitrogen and oxygen atoms in total. The Morgan fingerprint density at radius 1 is 1.54 bits per heavy atom. The fourth-order valence-electron chi connectivity index (χ4n) is 0.969. The van der Waals surface area contributed by atoms with Gasteiger partial charge in [-0.05, 0) is 18.2 Å². The highest BCUT2D eigenvalue weighted by Crippen LogP contribution is 2.25. The van der Waals surface area contributed by atoms with E-state index in [0.717, 1.165) is 0 Å². The zero-order chi connectivity index (χ0) is 9.84. The van der Waals surface area contributed by atoms with Gasteiger partial charge in [0.2, 0.25) is 0 Å². The second-order valence-electron chi connectivity index (χ2n) is 2.51. The van der Waals surface area contributed by atoms with Gasteiger partial charge in [-0.2, -0.15) is 0 Å². The SMILES string of the molecule is C#Cc1ccc(C(O)OC)c(O)c1. The highest BCUT2D eigenvalue weighted by atomic mass is 16.6. The molecule has 1 unspecified atom stereocenters. The van der Waals surface area contributed by atoms with Crippen LogP contribution >= 0.6 is 0 Å². The van der Waals surface area contributed by atoms with Crippen molar-refractivity contribution in [1.82, 2.24) is 0 Å². The number of aromatic hydroxyl groups is 1. The second kappa shape index (κ2) is 3.94. The van der Waals surface area contributed by atoms with Crippen molar-refractivity contribution < 1.29 is 14.9 Å². The molecule has 0 aliphatic carbocycles. The normalized spacial score (nSPS) is 12.1. The van der Waals surface area contributed by atoms with Gasteiger partial charge in [0.15, 0.2) is 6.29 Å². The van der Waals surface area contributed by atoms with Crippen LogP contribution in [0.4, 0.5) is 0 Å². The zero-order valence-corrected chi connectivity index (χ0v) is 7.19. The van der Waals surface area contributed by atoms with E-state index in [1.165, 1.54) is 19.2 Å². The van der Waals surface area contributed by atoms with E-state index in [9.17, 15) is 10.2 Å². The van der Waals surface area contributed by atoms with Crippen LogP contribution in [0.1, 0.15) is 17.4 Å². The molecule has 1 rings (SSSR count). The molecule has 0 saturated heterocycles. The Morgan fingerprint density at radius 3 is 2.69 bits per heavy atom. The molecule has 0 aliphatic heterocycles. The summed E-state index contributed by atoms with van der Waals surface area (Å²) in [6.07, 6.45) is 4.00. The molecule has 0 radical (unpaired) electrons. The van der Waals surface area contributed by atoms with Crippen molar-refractivity contribution in [3.05, 3.63) is 29.3 Å². The molecule has 0 aliphatic rings. The minimum atomic E-state index is -1.12. The Bertz CT molecular complexity index is 339. The minimum Gasteiger partial charge on any atom is -0.507 e. The third-order valence-corrected chi connectivity index (χ3v) is 1.69. The van der Waals surface area contributed by atoms with Gasteiger partial charge in [0.05, 0.1) is 0 Å². The molecule has 1 atom stereocenters. The first-order valence-electron chi connectivity index (χ1n) is 3.69. The first kappa shape index (κ1) is 9.59. The highest BCUT2D eigenvalue weighted by molar-refractivity contribution is 5.43. The molecule has 68 valence electrons. The quantitative estimate of drug-likeness (QED) is 0.525. The van der Waals surface area contributed by atoms with Gasteiger partial charge in [-0.25, -0.2) is 0 Å². The molecule has 0 fully saturated rings. The number of terminal acetylenes is 1. The number of methoxy groups -OCH3 is 1. The summed E-state index contributed by atoms with van der Waals surface area (Å²) in [5, 5.41) is 18.6. The topological polar surface area (TPSA) is 49.7 Å². The standard InChI is InChI=1S/C10H10O3/c1-3-7-4-5-8(9(11)6-7)10(12)13-2/h1,4-6,10-12H,2H3. The van der Waals surface area contributed by atoms with Gasteiger partial charge in [-0.3, -0.25) is 0 Å². The number of benzene rings is 1. The molecular weight excluding hydrogens is 168 g/mol. The van der Waals surface area contributed by atoms with E-state index < -0.39 is 6.29 Å². The maximum atomic E-state index is 9.39. The molecule has 0 amide bonds. The van der Waals surface area contributed by atoms with Gasteiger partial charge < -0.3 is 14.9 Å². The van der Waals surface area contributed by atoms with E-state index in [2.05, 4.69) is 10.7 Å². The van der Waals surface area contributed by atoms with Gasteiger partial charge >= 0.3 is 0 Å². The van der Waals surface area contributed by atoms with Crippen molar-refractivity contribution in [3.63, 3.8) is 0 Å². The maximum Gasteiger partial charge on any atom is 0.184 e. The smallest absolute Gasteiger partial charge is 0.184 e. The molecule has 3 heteroatoms. The van der Waals surface area contributed by atoms with Crippen LogP contribution in [0.25, 0.3) is 0 Å². The van der Waals surface area contributed by atoms with Crippen LogP contribution in [0.2, 0.25) is 0 Å². The molecule has 0 bridgehead atoms. The molecule has 0 aromatic heterocycles. The van der Waals surface area contributed by atoms with Gasteiger partial charge in [0.1, 0.15) is 5.75 Å². The summed E-state index contributed by atoms with van der Waals surface area (Å²) >= 11 is 0. The molecule has 2 N–H and O–H groups in total. The first-order valence-corrected chi connectivity index (χ1v) is 3.69. The summed E-state index contributed by atoms with van der Waals surface area (Å²) in [6.45, 7) is 0. The third-order valence-electron chi connectivity index (χ3n) is 1.69. The van der Waals surface area contributed by atoms with Crippen molar-refractivity contribution in [2.75, 3.05) is 7.11 Å². The summed E-state index contributed by atoms with van der Waals surface area (Å²) in [5.74, 6) is 2.30. The van der Waals surface area contributed by atoms with E-state index in [4.69, 9.17) is 6.42 Å². The molecule has 1 aromatic carbocycles. The Kier molecular flexibility index (Phi) is 2.91. The first-order chi connectivity index (χ1) is 6.19. The second-order valence-corrected chi connectivity index (χ2v) is 2.51. The number of ether oxygens (including phenoxy) is 1. The van der Waals surface area contributed by atoms with Crippen LogP contribution in [0.15, 0.2) is 18.2 Å². The molecule has 0 saturated carbocycles. The molecule has 0 spiro atoms. The van der Waals surface area contributed by atoms with E-state index in [1.807, 2.05) is 0 Å². The number of rotatable bonds is 2. The number of aliphatic hydroxyl groups excluding tert-OH is 1. The number of hydrogen-bond acceptors (Lipinski definition) is 3. The highest BCUT2D eigenvalue weighted by Gasteiger charge is 2.10. The molecule has 13 heavy (non-hydrogen) atoms. The van der Waals surface area contributed by atoms with E-state index in [-0.39, 0.29) is 5.75 Å². The average molecular weight is 178 g/mol. The Balaban J connectivity index is 3.07. The number of aliphatic hydroxyl groups is 1. The lowest BCUT2D eigenvalue weighted by Gasteiger charge is -2.10. The van der Waals surface area contributed by atoms with Gasteiger partial charge in [-0.1, -0.05) is 5.92 Å². The van der Waals surface area contributed by atoms with E-state index in [1.54, 1.807) is 6.07 Å². The van der Waals surface area contributed by atoms with Crippen LogP contribution in [-0.2, 0) is 4.74 Å². The summed E-state index contributed by atoms with van der Waals surface area (Å²) < 4.78 is 4.63. The third kappa shape index (κ3) is 2.00. The lowest BCUT2D eigenvalue weighted by molar-refractivity contribution is -0.0780. The van der Waals surface area contributed by atoms with Crippen LogP contribution in [0.5, 0.6) is 5.75 Å². The summed E-state index contributed by atoms with van der Waals surface area (Å²) in [5.41, 5.74) is 0.867. The largest absolute Gasteiger partial charge is 0.507 e. The Morgan fingerprint density at radius 2 is 2.23 bits per heavy atom. The number of phenolic OH excluding ortho intramolecular Hbond substituents is 1. The van der Waals surface area contributed by atoms with Crippen molar-refractivity contribution >= 4 is 0 Å². The predicted octanol–water partition coefficient (Wildman–Crippen LogP) is 1.01. The Hall–Kier alpha value is -1.50. The fourth-order valence-corrected chi connectivity index (χ4v) is 0.969. The van der Waals surface area contributed by atoms with Gasteiger partial charge in [0.25, 0.3) is 0 Å². The van der Waals surface area contributed by atoms with Crippen molar-refractivity contribution in [1.29, 1.82) is 0 Å². The monoisotopic (exact) mass is 178 g/mol. The summed E-state index contributed by atoms with van der Waals surface area (Å²) in [4.78, 5) is 0. The number of hydrogen-bond donors (Lipinski definition) is 2. The summed E-state index contributed by atoms with van der Waals surface area (Å²) in [6, 6.07) is 4.55. The van der Waals surface area contributed by atoms with Crippen LogP contribution in [0, 0.1) is 12.3 Å². The van der Waals surface area contributed by atoms with Crippen LogP contribution in [-0.4, -0.2) is 17.3 Å². The molecule has 0 heterocycles. The van der Waals surface area contributed by atoms with Crippen molar-refractivity contribution in [2.24, 2.45) is 0 Å². The van der Waals surface area contributed by atoms with Gasteiger partial charge in [-0.15, -0.1) is 6.42 Å². The van der Waals surface area contributed by atoms with E-state index >= 15 is 0 Å². The van der Waals surface area contributed by atoms with Crippen molar-refractivity contribution in [2.45, 2.75) is 6.29 Å². The minimum absolute atomic E-state index is 0.0650. The maximum absolute atomic E-state index is 9.39. The predicted molar refractivity (Wildman–Crippen MR) is 48.0 cm³/mol. The van der Waals surface area contributed by atoms with Gasteiger partial charge in [0, 0.05) is 18.2 Å².